The van der Waals surface area contributed by atoms with Gasteiger partial charge in [0, 0.05) is 19.0 Å². The average Bonchev–Trinajstić information content (AvgIpc) is 2.54. The number of carbonyl (C=O) groups excluding carboxylic acids is 1. The number of carbonyl (C=O) groups is 1. The van der Waals surface area contributed by atoms with Crippen LogP contribution in [0.5, 0.6) is 5.75 Å². The van der Waals surface area contributed by atoms with E-state index in [1.54, 1.807) is 7.11 Å². The van der Waals surface area contributed by atoms with Crippen molar-refractivity contribution in [3.63, 3.8) is 0 Å². The van der Waals surface area contributed by atoms with E-state index in [-0.39, 0.29) is 5.91 Å². The molecule has 1 aliphatic rings. The predicted molar refractivity (Wildman–Crippen MR) is 84.6 cm³/mol. The van der Waals surface area contributed by atoms with Crippen LogP contribution < -0.4 is 15.4 Å². The maximum atomic E-state index is 11.8. The number of hydrogen-bond donors (Lipinski definition) is 2. The van der Waals surface area contributed by atoms with Crippen LogP contribution in [0.25, 0.3) is 0 Å². The molecule has 0 bridgehead atoms. The Balaban J connectivity index is 1.59. The molecule has 1 heterocycles. The SMILES string of the molecule is COc1ccc(CCNC(=O)CCC2CCCCN2)cc1. The molecule has 0 saturated carbocycles. The van der Waals surface area contributed by atoms with Crippen molar-refractivity contribution in [1.29, 1.82) is 0 Å². The summed E-state index contributed by atoms with van der Waals surface area (Å²) in [5.41, 5.74) is 1.21. The highest BCUT2D eigenvalue weighted by Gasteiger charge is 2.13. The molecule has 1 unspecified atom stereocenters. The van der Waals surface area contributed by atoms with Crippen molar-refractivity contribution in [1.82, 2.24) is 10.6 Å². The van der Waals surface area contributed by atoms with Crippen LogP contribution in [0.2, 0.25) is 0 Å². The molecule has 1 fully saturated rings. The fraction of sp³-hybridized carbons (Fsp3) is 0.588. The zero-order valence-corrected chi connectivity index (χ0v) is 12.9. The van der Waals surface area contributed by atoms with Gasteiger partial charge in [-0.05, 0) is 49.9 Å². The summed E-state index contributed by atoms with van der Waals surface area (Å²) < 4.78 is 5.13. The summed E-state index contributed by atoms with van der Waals surface area (Å²) >= 11 is 0. The van der Waals surface area contributed by atoms with Crippen molar-refractivity contribution >= 4 is 5.91 Å². The van der Waals surface area contributed by atoms with Gasteiger partial charge >= 0.3 is 0 Å². The normalized spacial score (nSPS) is 18.2. The van der Waals surface area contributed by atoms with Gasteiger partial charge < -0.3 is 15.4 Å². The second-order valence-electron chi connectivity index (χ2n) is 5.63. The zero-order valence-electron chi connectivity index (χ0n) is 12.9. The lowest BCUT2D eigenvalue weighted by Gasteiger charge is -2.23. The average molecular weight is 290 g/mol. The highest BCUT2D eigenvalue weighted by atomic mass is 16.5. The minimum Gasteiger partial charge on any atom is -0.497 e. The van der Waals surface area contributed by atoms with E-state index in [4.69, 9.17) is 4.74 Å². The Morgan fingerprint density at radius 3 is 2.81 bits per heavy atom. The Morgan fingerprint density at radius 1 is 1.33 bits per heavy atom. The van der Waals surface area contributed by atoms with Gasteiger partial charge in [-0.1, -0.05) is 18.6 Å². The van der Waals surface area contributed by atoms with Crippen molar-refractivity contribution in [3.8, 4) is 5.75 Å². The van der Waals surface area contributed by atoms with E-state index in [2.05, 4.69) is 10.6 Å². The van der Waals surface area contributed by atoms with Gasteiger partial charge in [0.1, 0.15) is 5.75 Å². The number of rotatable bonds is 7. The number of benzene rings is 1. The van der Waals surface area contributed by atoms with Gasteiger partial charge in [0.2, 0.25) is 5.91 Å². The summed E-state index contributed by atoms with van der Waals surface area (Å²) in [6, 6.07) is 8.51. The third kappa shape index (κ3) is 5.76. The summed E-state index contributed by atoms with van der Waals surface area (Å²) in [5.74, 6) is 1.03. The first-order valence-corrected chi connectivity index (χ1v) is 7.91. The molecule has 0 spiro atoms. The predicted octanol–water partition coefficient (Wildman–Crippen LogP) is 2.28. The first-order valence-electron chi connectivity index (χ1n) is 7.91. The lowest BCUT2D eigenvalue weighted by atomic mass is 10.0. The van der Waals surface area contributed by atoms with Crippen LogP contribution in [-0.4, -0.2) is 32.1 Å². The maximum Gasteiger partial charge on any atom is 0.220 e. The Labute approximate surface area is 127 Å². The van der Waals surface area contributed by atoms with Gasteiger partial charge in [-0.2, -0.15) is 0 Å². The topological polar surface area (TPSA) is 50.4 Å². The smallest absolute Gasteiger partial charge is 0.220 e. The Kier molecular flexibility index (Phi) is 6.54. The van der Waals surface area contributed by atoms with Crippen molar-refractivity contribution in [2.45, 2.75) is 44.6 Å². The van der Waals surface area contributed by atoms with Crippen LogP contribution >= 0.6 is 0 Å². The van der Waals surface area contributed by atoms with Crippen LogP contribution in [0.1, 0.15) is 37.7 Å². The summed E-state index contributed by atoms with van der Waals surface area (Å²) in [7, 11) is 1.66. The summed E-state index contributed by atoms with van der Waals surface area (Å²) in [5, 5.41) is 6.48. The van der Waals surface area contributed by atoms with Gasteiger partial charge in [-0.15, -0.1) is 0 Å². The van der Waals surface area contributed by atoms with E-state index in [0.29, 0.717) is 19.0 Å². The van der Waals surface area contributed by atoms with Crippen LogP contribution in [0.15, 0.2) is 24.3 Å². The first-order chi connectivity index (χ1) is 10.3. The van der Waals surface area contributed by atoms with Crippen LogP contribution in [0.3, 0.4) is 0 Å². The maximum absolute atomic E-state index is 11.8. The molecule has 1 aliphatic heterocycles. The third-order valence-corrected chi connectivity index (χ3v) is 4.03. The number of amides is 1. The molecule has 1 atom stereocenters. The van der Waals surface area contributed by atoms with Crippen molar-refractivity contribution in [3.05, 3.63) is 29.8 Å². The molecule has 1 saturated heterocycles. The highest BCUT2D eigenvalue weighted by Crippen LogP contribution is 2.12. The van der Waals surface area contributed by atoms with Crippen LogP contribution in [0.4, 0.5) is 0 Å². The van der Waals surface area contributed by atoms with Crippen LogP contribution in [-0.2, 0) is 11.2 Å². The Bertz CT molecular complexity index is 425. The molecule has 0 aromatic heterocycles. The molecule has 4 heteroatoms. The number of ether oxygens (including phenoxy) is 1. The van der Waals surface area contributed by atoms with E-state index >= 15 is 0 Å². The Morgan fingerprint density at radius 2 is 2.14 bits per heavy atom. The quantitative estimate of drug-likeness (QED) is 0.810. The molecule has 2 N–H and O–H groups in total. The lowest BCUT2D eigenvalue weighted by molar-refractivity contribution is -0.121. The second kappa shape index (κ2) is 8.67. The van der Waals surface area contributed by atoms with Crippen molar-refractivity contribution in [2.75, 3.05) is 20.2 Å². The second-order valence-corrected chi connectivity index (χ2v) is 5.63. The summed E-state index contributed by atoms with van der Waals surface area (Å²) in [6.07, 6.45) is 6.20. The van der Waals surface area contributed by atoms with Gasteiger partial charge in [-0.3, -0.25) is 4.79 Å². The van der Waals surface area contributed by atoms with Gasteiger partial charge in [0.05, 0.1) is 7.11 Å². The molecule has 4 nitrogen and oxygen atoms in total. The molecule has 1 amide bonds. The number of methoxy groups -OCH3 is 1. The fourth-order valence-electron chi connectivity index (χ4n) is 2.70. The van der Waals surface area contributed by atoms with Crippen molar-refractivity contribution < 1.29 is 9.53 Å². The highest BCUT2D eigenvalue weighted by molar-refractivity contribution is 5.75. The molecule has 116 valence electrons. The minimum absolute atomic E-state index is 0.163. The van der Waals surface area contributed by atoms with Gasteiger partial charge in [0.25, 0.3) is 0 Å². The van der Waals surface area contributed by atoms with E-state index in [0.717, 1.165) is 25.1 Å². The first kappa shape index (κ1) is 15.8. The van der Waals surface area contributed by atoms with E-state index in [9.17, 15) is 4.79 Å². The third-order valence-electron chi connectivity index (χ3n) is 4.03. The Hall–Kier alpha value is -1.55. The summed E-state index contributed by atoms with van der Waals surface area (Å²) in [6.45, 7) is 1.80. The molecule has 1 aromatic rings. The largest absolute Gasteiger partial charge is 0.497 e. The molecular formula is C17H26N2O2. The molecular weight excluding hydrogens is 264 g/mol. The van der Waals surface area contributed by atoms with E-state index in [1.165, 1.54) is 24.8 Å². The van der Waals surface area contributed by atoms with Crippen molar-refractivity contribution in [2.24, 2.45) is 0 Å². The van der Waals surface area contributed by atoms with Gasteiger partial charge in [0.15, 0.2) is 0 Å². The zero-order chi connectivity index (χ0) is 14.9. The number of piperidine rings is 1. The number of nitrogens with one attached hydrogen (secondary N) is 2. The monoisotopic (exact) mass is 290 g/mol. The van der Waals surface area contributed by atoms with Gasteiger partial charge in [-0.25, -0.2) is 0 Å². The lowest BCUT2D eigenvalue weighted by Crippen LogP contribution is -2.35. The number of hydrogen-bond acceptors (Lipinski definition) is 3. The van der Waals surface area contributed by atoms with E-state index in [1.807, 2.05) is 24.3 Å². The fourth-order valence-corrected chi connectivity index (χ4v) is 2.70. The molecule has 0 radical (unpaired) electrons. The standard InChI is InChI=1S/C17H26N2O2/c1-21-16-8-5-14(6-9-16)11-13-19-17(20)10-7-15-4-2-3-12-18-15/h5-6,8-9,15,18H,2-4,7,10-13H2,1H3,(H,19,20). The molecule has 2 rings (SSSR count). The minimum atomic E-state index is 0.163. The summed E-state index contributed by atoms with van der Waals surface area (Å²) in [4.78, 5) is 11.8. The molecule has 21 heavy (non-hydrogen) atoms. The van der Waals surface area contributed by atoms with E-state index < -0.39 is 0 Å². The molecule has 0 aliphatic carbocycles. The molecule has 1 aromatic carbocycles. The van der Waals surface area contributed by atoms with Crippen LogP contribution in [0, 0.1) is 0 Å².